The van der Waals surface area contributed by atoms with Crippen LogP contribution in [0.25, 0.3) is 0 Å². The Balaban J connectivity index is 0. The number of amides is 1. The van der Waals surface area contributed by atoms with Crippen LogP contribution in [0.4, 0.5) is 4.79 Å². The predicted octanol–water partition coefficient (Wildman–Crippen LogP) is 1.24. The number of ether oxygens (including phenoxy) is 1. The van der Waals surface area contributed by atoms with Crippen molar-refractivity contribution in [1.82, 2.24) is 4.90 Å². The van der Waals surface area contributed by atoms with Crippen LogP contribution >= 0.6 is 0 Å². The summed E-state index contributed by atoms with van der Waals surface area (Å²) < 4.78 is 4.59. The van der Waals surface area contributed by atoms with E-state index in [1.54, 1.807) is 21.0 Å². The van der Waals surface area contributed by atoms with Crippen molar-refractivity contribution < 1.29 is 19.7 Å². The van der Waals surface area contributed by atoms with E-state index in [-0.39, 0.29) is 19.3 Å². The zero-order chi connectivity index (χ0) is 15.6. The molecule has 114 valence electrons. The summed E-state index contributed by atoms with van der Waals surface area (Å²) >= 11 is 0. The fourth-order valence-corrected chi connectivity index (χ4v) is 0.801. The number of carbonyl (C=O) groups excluding carboxylic acids is 1. The Morgan fingerprint density at radius 3 is 1.75 bits per heavy atom. The maximum Gasteiger partial charge on any atom is 0.409 e. The molecule has 0 spiro atoms. The Hall–Kier alpha value is -1.69. The molecule has 0 bridgehead atoms. The molecule has 0 saturated heterocycles. The lowest BCUT2D eigenvalue weighted by atomic mass is 10.3. The summed E-state index contributed by atoms with van der Waals surface area (Å²) in [6.07, 6.45) is 2.54. The van der Waals surface area contributed by atoms with E-state index < -0.39 is 0 Å². The lowest BCUT2D eigenvalue weighted by Crippen LogP contribution is -2.22. The number of aliphatic hydroxyl groups is 2. The number of hydrogen-bond acceptors (Lipinski definition) is 4. The third-order valence-corrected chi connectivity index (χ3v) is 1.79. The fourth-order valence-electron chi connectivity index (χ4n) is 0.801. The Morgan fingerprint density at radius 1 is 1.05 bits per heavy atom. The van der Waals surface area contributed by atoms with Crippen LogP contribution in [0.1, 0.15) is 32.6 Å². The Labute approximate surface area is 121 Å². The number of nitrogens with zero attached hydrogens (tertiary/aromatic N) is 1. The Bertz CT molecular complexity index is 320. The lowest BCUT2D eigenvalue weighted by molar-refractivity contribution is 0.124. The van der Waals surface area contributed by atoms with Crippen molar-refractivity contribution >= 4 is 6.09 Å². The molecule has 1 amide bonds. The van der Waals surface area contributed by atoms with E-state index in [2.05, 4.69) is 28.4 Å². The average Bonchev–Trinajstić information content (AvgIpc) is 2.43. The second-order valence-electron chi connectivity index (χ2n) is 3.85. The SMILES string of the molecule is CCOC(=O)N(C)C.OCCCC#CC#CCCCO. The molecule has 0 atom stereocenters. The summed E-state index contributed by atoms with van der Waals surface area (Å²) in [7, 11) is 3.30. The molecular formula is C15H25NO4. The summed E-state index contributed by atoms with van der Waals surface area (Å²) in [6.45, 7) is 2.59. The van der Waals surface area contributed by atoms with Gasteiger partial charge in [0.2, 0.25) is 0 Å². The Morgan fingerprint density at radius 2 is 1.50 bits per heavy atom. The first kappa shape index (κ1) is 20.6. The van der Waals surface area contributed by atoms with Crippen molar-refractivity contribution in [3.05, 3.63) is 0 Å². The van der Waals surface area contributed by atoms with Gasteiger partial charge in [0.15, 0.2) is 0 Å². The van der Waals surface area contributed by atoms with E-state index in [0.29, 0.717) is 32.3 Å². The topological polar surface area (TPSA) is 70.0 Å². The highest BCUT2D eigenvalue weighted by molar-refractivity contribution is 5.66. The standard InChI is InChI=1S/C10H14O2.C5H11NO2/c11-9-7-5-3-1-2-4-6-8-10-12;1-4-8-5(7)6(2)3/h11-12H,5-10H2;4H2,1-3H3. The van der Waals surface area contributed by atoms with Crippen molar-refractivity contribution in [3.8, 4) is 23.7 Å². The van der Waals surface area contributed by atoms with Crippen LogP contribution in [-0.2, 0) is 4.74 Å². The maximum absolute atomic E-state index is 10.4. The van der Waals surface area contributed by atoms with Gasteiger partial charge in [-0.3, -0.25) is 0 Å². The monoisotopic (exact) mass is 283 g/mol. The number of carbonyl (C=O) groups is 1. The summed E-state index contributed by atoms with van der Waals surface area (Å²) in [6, 6.07) is 0. The van der Waals surface area contributed by atoms with Crippen molar-refractivity contribution in [2.75, 3.05) is 33.9 Å². The molecule has 5 nitrogen and oxygen atoms in total. The first-order chi connectivity index (χ1) is 9.59. The zero-order valence-electron chi connectivity index (χ0n) is 12.6. The van der Waals surface area contributed by atoms with E-state index in [1.165, 1.54) is 4.90 Å². The fraction of sp³-hybridized carbons (Fsp3) is 0.667. The number of unbranched alkanes of at least 4 members (excludes halogenated alkanes) is 2. The van der Waals surface area contributed by atoms with Gasteiger partial charge in [0.25, 0.3) is 0 Å². The van der Waals surface area contributed by atoms with E-state index in [4.69, 9.17) is 10.2 Å². The summed E-state index contributed by atoms with van der Waals surface area (Å²) in [5.74, 6) is 11.0. The van der Waals surface area contributed by atoms with Crippen molar-refractivity contribution in [2.24, 2.45) is 0 Å². The molecule has 2 N–H and O–H groups in total. The van der Waals surface area contributed by atoms with Crippen LogP contribution < -0.4 is 0 Å². The van der Waals surface area contributed by atoms with Gasteiger partial charge in [0.05, 0.1) is 6.61 Å². The molecule has 0 aliphatic rings. The van der Waals surface area contributed by atoms with Crippen LogP contribution in [0.3, 0.4) is 0 Å². The molecule has 0 saturated carbocycles. The smallest absolute Gasteiger partial charge is 0.409 e. The molecule has 0 aromatic carbocycles. The van der Waals surface area contributed by atoms with Crippen LogP contribution in [0, 0.1) is 23.7 Å². The minimum Gasteiger partial charge on any atom is -0.450 e. The number of hydrogen-bond donors (Lipinski definition) is 2. The van der Waals surface area contributed by atoms with E-state index in [9.17, 15) is 4.79 Å². The van der Waals surface area contributed by atoms with E-state index >= 15 is 0 Å². The Kier molecular flexibility index (Phi) is 17.9. The molecule has 0 aromatic rings. The third kappa shape index (κ3) is 18.7. The molecule has 0 aliphatic carbocycles. The lowest BCUT2D eigenvalue weighted by Gasteiger charge is -2.07. The molecular weight excluding hydrogens is 258 g/mol. The van der Waals surface area contributed by atoms with Gasteiger partial charge in [-0.05, 0) is 31.6 Å². The highest BCUT2D eigenvalue weighted by atomic mass is 16.5. The summed E-state index contributed by atoms with van der Waals surface area (Å²) in [5.41, 5.74) is 0. The highest BCUT2D eigenvalue weighted by Gasteiger charge is 1.99. The van der Waals surface area contributed by atoms with Gasteiger partial charge in [0.1, 0.15) is 0 Å². The van der Waals surface area contributed by atoms with Gasteiger partial charge in [-0.2, -0.15) is 0 Å². The first-order valence-electron chi connectivity index (χ1n) is 6.61. The number of aliphatic hydroxyl groups excluding tert-OH is 2. The molecule has 0 unspecified atom stereocenters. The van der Waals surface area contributed by atoms with Crippen molar-refractivity contribution in [3.63, 3.8) is 0 Å². The minimum absolute atomic E-state index is 0.187. The van der Waals surface area contributed by atoms with Crippen LogP contribution in [0.2, 0.25) is 0 Å². The van der Waals surface area contributed by atoms with Gasteiger partial charge < -0.3 is 19.8 Å². The quantitative estimate of drug-likeness (QED) is 0.588. The number of rotatable bonds is 5. The minimum atomic E-state index is -0.285. The largest absolute Gasteiger partial charge is 0.450 e. The van der Waals surface area contributed by atoms with Crippen LogP contribution in [0.15, 0.2) is 0 Å². The van der Waals surface area contributed by atoms with Gasteiger partial charge >= 0.3 is 6.09 Å². The first-order valence-corrected chi connectivity index (χ1v) is 6.61. The van der Waals surface area contributed by atoms with E-state index in [0.717, 1.165) is 0 Å². The molecule has 0 heterocycles. The second-order valence-corrected chi connectivity index (χ2v) is 3.85. The van der Waals surface area contributed by atoms with Crippen LogP contribution in [0.5, 0.6) is 0 Å². The zero-order valence-corrected chi connectivity index (χ0v) is 12.6. The highest BCUT2D eigenvalue weighted by Crippen LogP contribution is 1.83. The van der Waals surface area contributed by atoms with E-state index in [1.807, 2.05) is 0 Å². The molecule has 5 heteroatoms. The van der Waals surface area contributed by atoms with Gasteiger partial charge in [0, 0.05) is 40.2 Å². The molecule has 0 aromatic heterocycles. The van der Waals surface area contributed by atoms with Gasteiger partial charge in [-0.25, -0.2) is 4.79 Å². The molecule has 20 heavy (non-hydrogen) atoms. The molecule has 0 rings (SSSR count). The molecule has 0 radical (unpaired) electrons. The average molecular weight is 283 g/mol. The molecule has 0 fully saturated rings. The second kappa shape index (κ2) is 17.3. The normalized spacial score (nSPS) is 8.05. The van der Waals surface area contributed by atoms with Gasteiger partial charge in [-0.1, -0.05) is 11.8 Å². The summed E-state index contributed by atoms with van der Waals surface area (Å²) in [5, 5.41) is 16.8. The third-order valence-electron chi connectivity index (χ3n) is 1.79. The predicted molar refractivity (Wildman–Crippen MR) is 78.9 cm³/mol. The van der Waals surface area contributed by atoms with Crippen molar-refractivity contribution in [2.45, 2.75) is 32.6 Å². The molecule has 0 aliphatic heterocycles. The maximum atomic E-state index is 10.4. The van der Waals surface area contributed by atoms with Gasteiger partial charge in [-0.15, -0.1) is 0 Å². The van der Waals surface area contributed by atoms with Crippen LogP contribution in [-0.4, -0.2) is 55.1 Å². The van der Waals surface area contributed by atoms with Crippen molar-refractivity contribution in [1.29, 1.82) is 0 Å². The summed E-state index contributed by atoms with van der Waals surface area (Å²) in [4.78, 5) is 11.8.